The summed E-state index contributed by atoms with van der Waals surface area (Å²) in [6.07, 6.45) is -4.74. The molecule has 0 amide bonds. The first kappa shape index (κ1) is 26.1. The smallest absolute Gasteiger partial charge is 0.506 e. The van der Waals surface area contributed by atoms with Gasteiger partial charge in [0.1, 0.15) is 11.5 Å². The summed E-state index contributed by atoms with van der Waals surface area (Å²) in [4.78, 5) is 2.15. The van der Waals surface area contributed by atoms with Gasteiger partial charge in [0.05, 0.1) is 11.1 Å². The Morgan fingerprint density at radius 2 is 1.69 bits per heavy atom. The third-order valence-corrected chi connectivity index (χ3v) is 5.04. The number of nitrogens with one attached hydrogen (secondary N) is 1. The molecule has 0 saturated carbocycles. The lowest BCUT2D eigenvalue weighted by atomic mass is 9.95. The zero-order valence-electron chi connectivity index (χ0n) is 14.9. The minimum Gasteiger partial charge on any atom is -0.506 e. The SMILES string of the molecule is Cl.Cl.Oc1c(Cl)cc(Br)cc1[C@H](c1ccc(OC(F)(F)F)cc1)N1CCNCC1. The van der Waals surface area contributed by atoms with E-state index >= 15 is 0 Å². The summed E-state index contributed by atoms with van der Waals surface area (Å²) >= 11 is 9.52. The van der Waals surface area contributed by atoms with Crippen molar-refractivity contribution in [2.75, 3.05) is 26.2 Å². The van der Waals surface area contributed by atoms with Crippen LogP contribution >= 0.6 is 52.3 Å². The van der Waals surface area contributed by atoms with Gasteiger partial charge in [-0.1, -0.05) is 39.7 Å². The zero-order valence-corrected chi connectivity index (χ0v) is 18.9. The standard InChI is InChI=1S/C18H17BrClF3N2O2.2ClH/c19-12-9-14(17(26)15(20)10-12)16(25-7-5-24-6-8-25)11-1-3-13(4-2-11)27-18(21,22)23;;/h1-4,9-10,16,24,26H,5-8H2;2*1H/t16-;;/m0../s1. The summed E-state index contributed by atoms with van der Waals surface area (Å²) in [6, 6.07) is 8.69. The number of benzene rings is 2. The number of hydrogen-bond acceptors (Lipinski definition) is 4. The highest BCUT2D eigenvalue weighted by Crippen LogP contribution is 2.40. The minimum atomic E-state index is -4.74. The van der Waals surface area contributed by atoms with E-state index < -0.39 is 6.36 Å². The van der Waals surface area contributed by atoms with Crippen LogP contribution in [-0.2, 0) is 0 Å². The first-order valence-electron chi connectivity index (χ1n) is 8.23. The van der Waals surface area contributed by atoms with Gasteiger partial charge in [0.25, 0.3) is 0 Å². The van der Waals surface area contributed by atoms with Gasteiger partial charge in [-0.25, -0.2) is 0 Å². The Morgan fingerprint density at radius 3 is 2.24 bits per heavy atom. The van der Waals surface area contributed by atoms with Gasteiger partial charge in [-0.3, -0.25) is 4.90 Å². The predicted octanol–water partition coefficient (Wildman–Crippen LogP) is 5.54. The fourth-order valence-electron chi connectivity index (χ4n) is 3.17. The number of rotatable bonds is 4. The molecule has 2 aromatic carbocycles. The number of ether oxygens (including phenoxy) is 1. The second-order valence-electron chi connectivity index (χ2n) is 6.13. The summed E-state index contributed by atoms with van der Waals surface area (Å²) < 4.78 is 41.9. The van der Waals surface area contributed by atoms with E-state index in [1.807, 2.05) is 0 Å². The van der Waals surface area contributed by atoms with Crippen LogP contribution in [0.5, 0.6) is 11.5 Å². The van der Waals surface area contributed by atoms with Gasteiger partial charge in [0.2, 0.25) is 0 Å². The van der Waals surface area contributed by atoms with Gasteiger partial charge in [-0.15, -0.1) is 38.0 Å². The highest BCUT2D eigenvalue weighted by Gasteiger charge is 2.32. The molecular weight excluding hydrogens is 519 g/mol. The van der Waals surface area contributed by atoms with Gasteiger partial charge >= 0.3 is 6.36 Å². The third-order valence-electron chi connectivity index (χ3n) is 4.30. The fourth-order valence-corrected chi connectivity index (χ4v) is 4.01. The first-order valence-corrected chi connectivity index (χ1v) is 9.40. The number of hydrogen-bond donors (Lipinski definition) is 2. The van der Waals surface area contributed by atoms with Crippen molar-refractivity contribution in [3.8, 4) is 11.5 Å². The molecule has 0 unspecified atom stereocenters. The van der Waals surface area contributed by atoms with Crippen LogP contribution in [0.3, 0.4) is 0 Å². The molecule has 2 N–H and O–H groups in total. The second kappa shape index (κ2) is 10.9. The zero-order chi connectivity index (χ0) is 19.6. The Kier molecular flexibility index (Phi) is 9.85. The molecule has 0 spiro atoms. The van der Waals surface area contributed by atoms with Crippen LogP contribution in [0, 0.1) is 0 Å². The van der Waals surface area contributed by atoms with Crippen LogP contribution in [0.1, 0.15) is 17.2 Å². The van der Waals surface area contributed by atoms with E-state index in [2.05, 4.69) is 30.9 Å². The Labute approximate surface area is 192 Å². The molecule has 0 aliphatic carbocycles. The van der Waals surface area contributed by atoms with Crippen molar-refractivity contribution in [2.45, 2.75) is 12.4 Å². The topological polar surface area (TPSA) is 44.7 Å². The van der Waals surface area contributed by atoms with Gasteiger partial charge < -0.3 is 15.2 Å². The van der Waals surface area contributed by atoms with Crippen LogP contribution in [-0.4, -0.2) is 42.5 Å². The monoisotopic (exact) mass is 536 g/mol. The van der Waals surface area contributed by atoms with Gasteiger partial charge in [-0.05, 0) is 29.8 Å². The maximum Gasteiger partial charge on any atom is 0.573 e. The van der Waals surface area contributed by atoms with Crippen LogP contribution in [0.2, 0.25) is 5.02 Å². The first-order chi connectivity index (χ1) is 12.7. The lowest BCUT2D eigenvalue weighted by molar-refractivity contribution is -0.274. The average molecular weight is 539 g/mol. The molecule has 0 aromatic heterocycles. The normalized spacial score (nSPS) is 15.8. The molecule has 0 radical (unpaired) electrons. The molecule has 11 heteroatoms. The number of alkyl halides is 3. The van der Waals surface area contributed by atoms with Crippen molar-refractivity contribution in [1.82, 2.24) is 10.2 Å². The van der Waals surface area contributed by atoms with Crippen molar-refractivity contribution in [3.05, 3.63) is 57.0 Å². The summed E-state index contributed by atoms with van der Waals surface area (Å²) in [7, 11) is 0. The lowest BCUT2D eigenvalue weighted by Gasteiger charge is -2.36. The molecule has 3 rings (SSSR count). The van der Waals surface area contributed by atoms with E-state index in [0.717, 1.165) is 31.7 Å². The van der Waals surface area contributed by atoms with Crippen molar-refractivity contribution >= 4 is 52.3 Å². The van der Waals surface area contributed by atoms with Crippen LogP contribution < -0.4 is 10.1 Å². The average Bonchev–Trinajstić information content (AvgIpc) is 2.60. The fraction of sp³-hybridized carbons (Fsp3) is 0.333. The van der Waals surface area contributed by atoms with Crippen LogP contribution in [0.25, 0.3) is 0 Å². The molecule has 1 atom stereocenters. The number of piperazine rings is 1. The molecule has 4 nitrogen and oxygen atoms in total. The van der Waals surface area contributed by atoms with Crippen molar-refractivity contribution in [1.29, 1.82) is 0 Å². The molecule has 29 heavy (non-hydrogen) atoms. The van der Waals surface area contributed by atoms with Crippen molar-refractivity contribution in [3.63, 3.8) is 0 Å². The second-order valence-corrected chi connectivity index (χ2v) is 7.45. The van der Waals surface area contributed by atoms with E-state index in [-0.39, 0.29) is 47.4 Å². The molecule has 1 heterocycles. The van der Waals surface area contributed by atoms with Crippen LogP contribution in [0.15, 0.2) is 40.9 Å². The summed E-state index contributed by atoms with van der Waals surface area (Å²) in [5.41, 5.74) is 1.32. The largest absolute Gasteiger partial charge is 0.573 e. The van der Waals surface area contributed by atoms with Gasteiger partial charge in [0, 0.05) is 36.2 Å². The van der Waals surface area contributed by atoms with E-state index in [9.17, 15) is 18.3 Å². The molecule has 1 aliphatic heterocycles. The quantitative estimate of drug-likeness (QED) is 0.536. The highest BCUT2D eigenvalue weighted by atomic mass is 79.9. The molecule has 162 valence electrons. The van der Waals surface area contributed by atoms with E-state index in [1.54, 1.807) is 24.3 Å². The molecule has 1 aliphatic rings. The minimum absolute atomic E-state index is 0. The Bertz CT molecular complexity index is 804. The third kappa shape index (κ3) is 6.80. The summed E-state index contributed by atoms with van der Waals surface area (Å²) in [5.74, 6) is -0.333. The lowest BCUT2D eigenvalue weighted by Crippen LogP contribution is -2.45. The Balaban J connectivity index is 0.00000210. The van der Waals surface area contributed by atoms with Crippen molar-refractivity contribution < 1.29 is 23.0 Å². The maximum absolute atomic E-state index is 12.4. The molecule has 0 bridgehead atoms. The summed E-state index contributed by atoms with van der Waals surface area (Å²) in [5, 5.41) is 14.0. The number of halogens is 7. The molecule has 2 aromatic rings. The molecular formula is C18H19BrCl3F3N2O2. The number of phenolic OH excluding ortho intramolecular Hbond substituents is 1. The molecule has 1 fully saturated rings. The summed E-state index contributed by atoms with van der Waals surface area (Å²) in [6.45, 7) is 2.98. The number of phenols is 1. The van der Waals surface area contributed by atoms with Gasteiger partial charge in [-0.2, -0.15) is 0 Å². The van der Waals surface area contributed by atoms with Gasteiger partial charge in [0.15, 0.2) is 0 Å². The number of aromatic hydroxyl groups is 1. The maximum atomic E-state index is 12.4. The van der Waals surface area contributed by atoms with Crippen LogP contribution in [0.4, 0.5) is 13.2 Å². The predicted molar refractivity (Wildman–Crippen MR) is 115 cm³/mol. The van der Waals surface area contributed by atoms with Crippen molar-refractivity contribution in [2.24, 2.45) is 0 Å². The molecule has 1 saturated heterocycles. The number of nitrogens with zero attached hydrogens (tertiary/aromatic N) is 1. The van der Waals surface area contributed by atoms with E-state index in [4.69, 9.17) is 11.6 Å². The van der Waals surface area contributed by atoms with E-state index in [0.29, 0.717) is 10.0 Å². The highest BCUT2D eigenvalue weighted by molar-refractivity contribution is 9.10. The Hall–Kier alpha value is -0.900. The Morgan fingerprint density at radius 1 is 1.10 bits per heavy atom. The van der Waals surface area contributed by atoms with E-state index in [1.165, 1.54) is 12.1 Å².